The zero-order valence-corrected chi connectivity index (χ0v) is 9.56. The molecule has 1 rings (SSSR count). The summed E-state index contributed by atoms with van der Waals surface area (Å²) >= 11 is 0. The van der Waals surface area contributed by atoms with Gasteiger partial charge in [0.15, 0.2) is 5.82 Å². The lowest BCUT2D eigenvalue weighted by atomic mass is 9.99. The van der Waals surface area contributed by atoms with E-state index in [0.717, 1.165) is 6.42 Å². The van der Waals surface area contributed by atoms with Gasteiger partial charge in [0.05, 0.1) is 12.5 Å². The molecule has 0 aliphatic carbocycles. The summed E-state index contributed by atoms with van der Waals surface area (Å²) < 4.78 is 10.1. The van der Waals surface area contributed by atoms with Crippen LogP contribution in [0, 0.1) is 0 Å². The highest BCUT2D eigenvalue weighted by Crippen LogP contribution is 2.20. The van der Waals surface area contributed by atoms with Gasteiger partial charge in [-0.2, -0.15) is 4.98 Å². The minimum Gasteiger partial charge on any atom is -0.384 e. The van der Waals surface area contributed by atoms with E-state index < -0.39 is 0 Å². The van der Waals surface area contributed by atoms with Gasteiger partial charge in [-0.1, -0.05) is 12.1 Å². The normalized spacial score (nSPS) is 15.2. The Hall–Kier alpha value is -0.940. The number of nitrogens with two attached hydrogens (primary N) is 1. The van der Waals surface area contributed by atoms with E-state index in [-0.39, 0.29) is 12.0 Å². The number of rotatable bonds is 6. The molecule has 0 spiro atoms. The molecule has 1 aromatic rings. The first-order valence-corrected chi connectivity index (χ1v) is 5.26. The molecule has 15 heavy (non-hydrogen) atoms. The molecule has 1 aromatic heterocycles. The van der Waals surface area contributed by atoms with Crippen LogP contribution in [0.5, 0.6) is 0 Å². The lowest BCUT2D eigenvalue weighted by Gasteiger charge is -2.13. The highest BCUT2D eigenvalue weighted by atomic mass is 16.5. The highest BCUT2D eigenvalue weighted by molar-refractivity contribution is 4.97. The zero-order valence-electron chi connectivity index (χ0n) is 9.56. The van der Waals surface area contributed by atoms with Crippen molar-refractivity contribution in [1.29, 1.82) is 0 Å². The summed E-state index contributed by atoms with van der Waals surface area (Å²) in [7, 11) is 1.65. The van der Waals surface area contributed by atoms with E-state index in [0.29, 0.717) is 24.7 Å². The standard InChI is InChI=1S/C10H19N3O2/c1-4-8(7(2)11)10-12-9(13-15-10)5-6-14-3/h7-8H,4-6,11H2,1-3H3. The van der Waals surface area contributed by atoms with Crippen molar-refractivity contribution in [2.24, 2.45) is 5.73 Å². The van der Waals surface area contributed by atoms with Crippen LogP contribution in [0.1, 0.15) is 37.9 Å². The van der Waals surface area contributed by atoms with Crippen molar-refractivity contribution < 1.29 is 9.26 Å². The molecule has 2 N–H and O–H groups in total. The second-order valence-electron chi connectivity index (χ2n) is 3.67. The van der Waals surface area contributed by atoms with Crippen molar-refractivity contribution in [2.45, 2.75) is 38.6 Å². The molecule has 0 bridgehead atoms. The third kappa shape index (κ3) is 3.28. The number of ether oxygens (including phenoxy) is 1. The summed E-state index contributed by atoms with van der Waals surface area (Å²) in [5.41, 5.74) is 5.84. The van der Waals surface area contributed by atoms with Gasteiger partial charge in [0, 0.05) is 19.6 Å². The topological polar surface area (TPSA) is 74.2 Å². The average molecular weight is 213 g/mol. The molecule has 0 saturated heterocycles. The fraction of sp³-hybridized carbons (Fsp3) is 0.800. The van der Waals surface area contributed by atoms with Crippen LogP contribution in [0.2, 0.25) is 0 Å². The first kappa shape index (κ1) is 12.1. The van der Waals surface area contributed by atoms with E-state index in [1.165, 1.54) is 0 Å². The molecule has 5 heteroatoms. The van der Waals surface area contributed by atoms with Crippen LogP contribution in [0.3, 0.4) is 0 Å². The van der Waals surface area contributed by atoms with Crippen molar-refractivity contribution >= 4 is 0 Å². The molecule has 0 aromatic carbocycles. The first-order valence-electron chi connectivity index (χ1n) is 5.26. The Bertz CT molecular complexity index is 286. The highest BCUT2D eigenvalue weighted by Gasteiger charge is 2.20. The molecule has 0 aliphatic heterocycles. The predicted octanol–water partition coefficient (Wildman–Crippen LogP) is 1.10. The van der Waals surface area contributed by atoms with E-state index in [4.69, 9.17) is 15.0 Å². The Kier molecular flexibility index (Phi) is 4.71. The van der Waals surface area contributed by atoms with Crippen LogP contribution in [0.25, 0.3) is 0 Å². The molecule has 0 aliphatic rings. The third-order valence-corrected chi connectivity index (χ3v) is 2.41. The summed E-state index contributed by atoms with van der Waals surface area (Å²) in [6.45, 7) is 4.62. The molecule has 2 unspecified atom stereocenters. The average Bonchev–Trinajstić information content (AvgIpc) is 2.64. The molecular weight excluding hydrogens is 194 g/mol. The van der Waals surface area contributed by atoms with Crippen LogP contribution in [0.4, 0.5) is 0 Å². The van der Waals surface area contributed by atoms with Gasteiger partial charge < -0.3 is 15.0 Å². The molecule has 1 heterocycles. The van der Waals surface area contributed by atoms with E-state index in [2.05, 4.69) is 17.1 Å². The SMILES string of the molecule is CCC(c1nc(CCOC)no1)C(C)N. The number of methoxy groups -OCH3 is 1. The molecular formula is C10H19N3O2. The quantitative estimate of drug-likeness (QED) is 0.766. The summed E-state index contributed by atoms with van der Waals surface area (Å²) in [5.74, 6) is 1.47. The Labute approximate surface area is 90.0 Å². The predicted molar refractivity (Wildman–Crippen MR) is 56.6 cm³/mol. The second kappa shape index (κ2) is 5.82. The minimum absolute atomic E-state index is 0.0331. The molecule has 0 radical (unpaired) electrons. The van der Waals surface area contributed by atoms with E-state index in [1.807, 2.05) is 6.92 Å². The maximum atomic E-state index is 5.84. The molecule has 0 saturated carbocycles. The van der Waals surface area contributed by atoms with Crippen LogP contribution < -0.4 is 5.73 Å². The lowest BCUT2D eigenvalue weighted by molar-refractivity contribution is 0.199. The van der Waals surface area contributed by atoms with Gasteiger partial charge in [-0.05, 0) is 13.3 Å². The van der Waals surface area contributed by atoms with Crippen molar-refractivity contribution in [1.82, 2.24) is 10.1 Å². The number of nitrogens with zero attached hydrogens (tertiary/aromatic N) is 2. The molecule has 0 amide bonds. The Balaban J connectivity index is 2.65. The summed E-state index contributed by atoms with van der Waals surface area (Å²) in [6.07, 6.45) is 1.58. The summed E-state index contributed by atoms with van der Waals surface area (Å²) in [6, 6.07) is 0.0331. The Morgan fingerprint density at radius 1 is 1.53 bits per heavy atom. The van der Waals surface area contributed by atoms with Crippen LogP contribution in [-0.4, -0.2) is 29.9 Å². The fourth-order valence-corrected chi connectivity index (χ4v) is 1.48. The van der Waals surface area contributed by atoms with Gasteiger partial charge in [0.25, 0.3) is 0 Å². The van der Waals surface area contributed by atoms with Gasteiger partial charge in [-0.15, -0.1) is 0 Å². The Morgan fingerprint density at radius 2 is 2.27 bits per heavy atom. The fourth-order valence-electron chi connectivity index (χ4n) is 1.48. The largest absolute Gasteiger partial charge is 0.384 e. The lowest BCUT2D eigenvalue weighted by Crippen LogP contribution is -2.24. The van der Waals surface area contributed by atoms with Gasteiger partial charge in [0.2, 0.25) is 5.89 Å². The first-order chi connectivity index (χ1) is 7.19. The van der Waals surface area contributed by atoms with Crippen molar-refractivity contribution in [2.75, 3.05) is 13.7 Å². The van der Waals surface area contributed by atoms with Gasteiger partial charge in [-0.25, -0.2) is 0 Å². The van der Waals surface area contributed by atoms with Gasteiger partial charge in [-0.3, -0.25) is 0 Å². The van der Waals surface area contributed by atoms with Crippen LogP contribution >= 0.6 is 0 Å². The molecule has 2 atom stereocenters. The van der Waals surface area contributed by atoms with Gasteiger partial charge >= 0.3 is 0 Å². The summed E-state index contributed by atoms with van der Waals surface area (Å²) in [5, 5.41) is 3.88. The van der Waals surface area contributed by atoms with Gasteiger partial charge in [0.1, 0.15) is 0 Å². The number of hydrogen-bond donors (Lipinski definition) is 1. The summed E-state index contributed by atoms with van der Waals surface area (Å²) in [4.78, 5) is 4.30. The second-order valence-corrected chi connectivity index (χ2v) is 3.67. The number of hydrogen-bond acceptors (Lipinski definition) is 5. The minimum atomic E-state index is 0.0331. The third-order valence-electron chi connectivity index (χ3n) is 2.41. The van der Waals surface area contributed by atoms with E-state index >= 15 is 0 Å². The van der Waals surface area contributed by atoms with Crippen LogP contribution in [-0.2, 0) is 11.2 Å². The van der Waals surface area contributed by atoms with Crippen molar-refractivity contribution in [3.8, 4) is 0 Å². The molecule has 0 fully saturated rings. The zero-order chi connectivity index (χ0) is 11.3. The van der Waals surface area contributed by atoms with E-state index in [9.17, 15) is 0 Å². The van der Waals surface area contributed by atoms with Crippen molar-refractivity contribution in [3.63, 3.8) is 0 Å². The van der Waals surface area contributed by atoms with E-state index in [1.54, 1.807) is 7.11 Å². The number of aromatic nitrogens is 2. The maximum Gasteiger partial charge on any atom is 0.231 e. The molecule has 86 valence electrons. The molecule has 5 nitrogen and oxygen atoms in total. The maximum absolute atomic E-state index is 5.84. The Morgan fingerprint density at radius 3 is 2.80 bits per heavy atom. The van der Waals surface area contributed by atoms with Crippen LogP contribution in [0.15, 0.2) is 4.52 Å². The monoisotopic (exact) mass is 213 g/mol. The van der Waals surface area contributed by atoms with Crippen molar-refractivity contribution in [3.05, 3.63) is 11.7 Å². The smallest absolute Gasteiger partial charge is 0.231 e.